The molecule has 0 fully saturated rings. The highest BCUT2D eigenvalue weighted by molar-refractivity contribution is 7.92. The molecule has 0 radical (unpaired) electrons. The van der Waals surface area contributed by atoms with Crippen molar-refractivity contribution < 1.29 is 18.1 Å². The molecule has 3 rings (SSSR count). The topological polar surface area (TPSA) is 102 Å². The Morgan fingerprint density at radius 3 is 2.41 bits per heavy atom. The highest BCUT2D eigenvalue weighted by atomic mass is 32.2. The smallest absolute Gasteiger partial charge is 0.289 e. The van der Waals surface area contributed by atoms with Crippen LogP contribution in [-0.4, -0.2) is 45.5 Å². The lowest BCUT2D eigenvalue weighted by molar-refractivity contribution is -0.387. The predicted molar refractivity (Wildman–Crippen MR) is 102 cm³/mol. The summed E-state index contributed by atoms with van der Waals surface area (Å²) in [5.74, 6) is 0.389. The van der Waals surface area contributed by atoms with Gasteiger partial charge in [-0.3, -0.25) is 14.8 Å². The van der Waals surface area contributed by atoms with Crippen molar-refractivity contribution in [3.63, 3.8) is 0 Å². The first kappa shape index (κ1) is 19.1. The molecule has 8 nitrogen and oxygen atoms in total. The normalized spacial score (nSPS) is 14.9. The van der Waals surface area contributed by atoms with Crippen molar-refractivity contribution >= 4 is 21.4 Å². The van der Waals surface area contributed by atoms with E-state index in [1.165, 1.54) is 31.4 Å². The number of anilines is 1. The predicted octanol–water partition coefficient (Wildman–Crippen LogP) is 2.43. The second-order valence-corrected chi connectivity index (χ2v) is 8.11. The van der Waals surface area contributed by atoms with Crippen molar-refractivity contribution in [1.82, 2.24) is 4.90 Å². The Labute approximate surface area is 158 Å². The SMILES string of the molecule is COc1cc2c(cc1NS(=O)(=O)c1ccccc1[N+](=O)[O-])CCN(C)CC2. The maximum atomic E-state index is 12.8. The number of hydrogen-bond acceptors (Lipinski definition) is 6. The summed E-state index contributed by atoms with van der Waals surface area (Å²) in [5.41, 5.74) is 1.96. The number of likely N-dealkylation sites (N-methyl/N-ethyl adjacent to an activating group) is 1. The third kappa shape index (κ3) is 4.04. The molecule has 2 aromatic carbocycles. The third-order valence-corrected chi connectivity index (χ3v) is 6.06. The van der Waals surface area contributed by atoms with Crippen LogP contribution in [0.15, 0.2) is 41.3 Å². The summed E-state index contributed by atoms with van der Waals surface area (Å²) in [7, 11) is -0.642. The van der Waals surface area contributed by atoms with E-state index in [0.29, 0.717) is 5.75 Å². The number of ether oxygens (including phenoxy) is 1. The number of nitrogens with one attached hydrogen (secondary N) is 1. The minimum Gasteiger partial charge on any atom is -0.495 e. The zero-order chi connectivity index (χ0) is 19.6. The second kappa shape index (κ2) is 7.53. The molecule has 0 bridgehead atoms. The van der Waals surface area contributed by atoms with Gasteiger partial charge in [-0.05, 0) is 49.2 Å². The van der Waals surface area contributed by atoms with Gasteiger partial charge in [0.15, 0.2) is 4.90 Å². The first-order chi connectivity index (χ1) is 12.8. The van der Waals surface area contributed by atoms with Crippen LogP contribution < -0.4 is 9.46 Å². The van der Waals surface area contributed by atoms with Crippen LogP contribution >= 0.6 is 0 Å². The summed E-state index contributed by atoms with van der Waals surface area (Å²) in [6, 6.07) is 8.86. The molecular formula is C18H21N3O5S. The van der Waals surface area contributed by atoms with E-state index in [4.69, 9.17) is 4.74 Å². The van der Waals surface area contributed by atoms with Crippen LogP contribution in [-0.2, 0) is 22.9 Å². The Kier molecular flexibility index (Phi) is 5.33. The second-order valence-electron chi connectivity index (χ2n) is 6.45. The number of sulfonamides is 1. The number of benzene rings is 2. The Morgan fingerprint density at radius 1 is 1.15 bits per heavy atom. The van der Waals surface area contributed by atoms with Crippen molar-refractivity contribution in [1.29, 1.82) is 0 Å². The minimum atomic E-state index is -4.15. The molecule has 1 aliphatic heterocycles. The molecule has 27 heavy (non-hydrogen) atoms. The molecule has 0 aliphatic carbocycles. The summed E-state index contributed by atoms with van der Waals surface area (Å²) in [4.78, 5) is 12.3. The van der Waals surface area contributed by atoms with E-state index in [-0.39, 0.29) is 10.6 Å². The molecule has 9 heteroatoms. The van der Waals surface area contributed by atoms with E-state index in [1.807, 2.05) is 13.1 Å². The maximum absolute atomic E-state index is 12.8. The van der Waals surface area contributed by atoms with Crippen molar-refractivity contribution in [3.8, 4) is 5.75 Å². The Balaban J connectivity index is 2.01. The zero-order valence-electron chi connectivity index (χ0n) is 15.1. The standard InChI is InChI=1S/C18H21N3O5S/c1-20-9-7-13-11-15(17(26-2)12-14(13)8-10-20)19-27(24,25)18-6-4-3-5-16(18)21(22)23/h3-6,11-12,19H,7-10H2,1-2H3. The number of rotatable bonds is 5. The number of nitrogens with zero attached hydrogens (tertiary/aromatic N) is 2. The van der Waals surface area contributed by atoms with Crippen molar-refractivity contribution in [2.75, 3.05) is 32.0 Å². The van der Waals surface area contributed by atoms with Crippen molar-refractivity contribution in [3.05, 3.63) is 57.6 Å². The van der Waals surface area contributed by atoms with Gasteiger partial charge in [-0.25, -0.2) is 8.42 Å². The van der Waals surface area contributed by atoms with Gasteiger partial charge in [0.1, 0.15) is 5.75 Å². The lowest BCUT2D eigenvalue weighted by Gasteiger charge is -2.15. The maximum Gasteiger partial charge on any atom is 0.289 e. The highest BCUT2D eigenvalue weighted by Crippen LogP contribution is 2.33. The number of para-hydroxylation sites is 1. The average Bonchev–Trinajstić information content (AvgIpc) is 2.82. The van der Waals surface area contributed by atoms with E-state index < -0.39 is 20.6 Å². The molecule has 0 saturated carbocycles. The van der Waals surface area contributed by atoms with Gasteiger partial charge in [0.05, 0.1) is 17.7 Å². The van der Waals surface area contributed by atoms with Crippen LogP contribution in [0.4, 0.5) is 11.4 Å². The Morgan fingerprint density at radius 2 is 1.78 bits per heavy atom. The number of nitro groups is 1. The fraction of sp³-hybridized carbons (Fsp3) is 0.333. The van der Waals surface area contributed by atoms with E-state index in [2.05, 4.69) is 9.62 Å². The van der Waals surface area contributed by atoms with Gasteiger partial charge in [-0.1, -0.05) is 12.1 Å². The Bertz CT molecular complexity index is 975. The van der Waals surface area contributed by atoms with E-state index in [1.54, 1.807) is 6.07 Å². The first-order valence-corrected chi connectivity index (χ1v) is 9.94. The van der Waals surface area contributed by atoms with Crippen molar-refractivity contribution in [2.45, 2.75) is 17.7 Å². The van der Waals surface area contributed by atoms with E-state index >= 15 is 0 Å². The Hall–Kier alpha value is -2.65. The summed E-state index contributed by atoms with van der Waals surface area (Å²) in [5, 5.41) is 11.2. The molecule has 0 aromatic heterocycles. The molecule has 0 atom stereocenters. The number of nitro benzene ring substituents is 1. The van der Waals surface area contributed by atoms with Crippen LogP contribution in [0, 0.1) is 10.1 Å². The average molecular weight is 391 g/mol. The summed E-state index contributed by atoms with van der Waals surface area (Å²) >= 11 is 0. The van der Waals surface area contributed by atoms with Gasteiger partial charge in [-0.15, -0.1) is 0 Å². The number of fused-ring (bicyclic) bond motifs is 1. The van der Waals surface area contributed by atoms with Gasteiger partial charge in [-0.2, -0.15) is 0 Å². The van der Waals surface area contributed by atoms with E-state index in [0.717, 1.165) is 37.1 Å². The fourth-order valence-corrected chi connectivity index (χ4v) is 4.38. The highest BCUT2D eigenvalue weighted by Gasteiger charge is 2.27. The number of hydrogen-bond donors (Lipinski definition) is 1. The summed E-state index contributed by atoms with van der Waals surface area (Å²) < 4.78 is 33.4. The fourth-order valence-electron chi connectivity index (χ4n) is 3.15. The molecule has 0 spiro atoms. The molecule has 144 valence electrons. The van der Waals surface area contributed by atoms with Crippen LogP contribution in [0.1, 0.15) is 11.1 Å². The molecular weight excluding hydrogens is 370 g/mol. The number of methoxy groups -OCH3 is 1. The van der Waals surface area contributed by atoms with Gasteiger partial charge >= 0.3 is 0 Å². The van der Waals surface area contributed by atoms with Gasteiger partial charge in [0.2, 0.25) is 0 Å². The van der Waals surface area contributed by atoms with E-state index in [9.17, 15) is 18.5 Å². The van der Waals surface area contributed by atoms with Crippen molar-refractivity contribution in [2.24, 2.45) is 0 Å². The molecule has 2 aromatic rings. The van der Waals surface area contributed by atoms with Crippen LogP contribution in [0.3, 0.4) is 0 Å². The van der Waals surface area contributed by atoms with Crippen LogP contribution in [0.5, 0.6) is 5.75 Å². The van der Waals surface area contributed by atoms with Crippen LogP contribution in [0.2, 0.25) is 0 Å². The molecule has 1 N–H and O–H groups in total. The summed E-state index contributed by atoms with van der Waals surface area (Å²) in [6.07, 6.45) is 1.63. The minimum absolute atomic E-state index is 0.277. The molecule has 1 aliphatic rings. The first-order valence-electron chi connectivity index (χ1n) is 8.46. The molecule has 0 saturated heterocycles. The lowest BCUT2D eigenvalue weighted by Crippen LogP contribution is -2.20. The molecule has 0 amide bonds. The zero-order valence-corrected chi connectivity index (χ0v) is 16.0. The molecule has 1 heterocycles. The molecule has 0 unspecified atom stereocenters. The monoisotopic (exact) mass is 391 g/mol. The van der Waals surface area contributed by atoms with Gasteiger partial charge in [0, 0.05) is 19.2 Å². The lowest BCUT2D eigenvalue weighted by atomic mass is 10.0. The van der Waals surface area contributed by atoms with Crippen LogP contribution in [0.25, 0.3) is 0 Å². The van der Waals surface area contributed by atoms with Gasteiger partial charge in [0.25, 0.3) is 15.7 Å². The largest absolute Gasteiger partial charge is 0.495 e. The quantitative estimate of drug-likeness (QED) is 0.620. The van der Waals surface area contributed by atoms with Gasteiger partial charge < -0.3 is 9.64 Å². The summed E-state index contributed by atoms with van der Waals surface area (Å²) in [6.45, 7) is 1.78. The third-order valence-electron chi connectivity index (χ3n) is 4.64.